The predicted molar refractivity (Wildman–Crippen MR) is 93.0 cm³/mol. The molecule has 3 amide bonds. The predicted octanol–water partition coefficient (Wildman–Crippen LogP) is 2.11. The number of piperazine rings is 1. The summed E-state index contributed by atoms with van der Waals surface area (Å²) in [6.45, 7) is 6.79. The van der Waals surface area contributed by atoms with Crippen LogP contribution >= 0.6 is 0 Å². The number of nitrogens with zero attached hydrogens (tertiary/aromatic N) is 2. The second-order valence-corrected chi connectivity index (χ2v) is 6.24. The number of hydrogen-bond donors (Lipinski definition) is 1. The average molecular weight is 333 g/mol. The lowest BCUT2D eigenvalue weighted by atomic mass is 10.2. The fraction of sp³-hybridized carbons (Fsp3) is 0.556. The molecule has 24 heavy (non-hydrogen) atoms. The first-order valence-corrected chi connectivity index (χ1v) is 8.57. The maximum absolute atomic E-state index is 12.2. The molecule has 1 aromatic rings. The summed E-state index contributed by atoms with van der Waals surface area (Å²) in [5.74, 6) is 0.963. The minimum absolute atomic E-state index is 0.0478. The zero-order chi connectivity index (χ0) is 17.4. The Morgan fingerprint density at radius 1 is 1.08 bits per heavy atom. The van der Waals surface area contributed by atoms with Gasteiger partial charge >= 0.3 is 6.03 Å². The molecule has 1 aliphatic heterocycles. The molecule has 1 saturated heterocycles. The lowest BCUT2D eigenvalue weighted by Gasteiger charge is -2.35. The monoisotopic (exact) mass is 333 g/mol. The smallest absolute Gasteiger partial charge is 0.317 e. The molecule has 0 bridgehead atoms. The van der Waals surface area contributed by atoms with Crippen LogP contribution in [0.4, 0.5) is 4.79 Å². The fourth-order valence-corrected chi connectivity index (χ4v) is 2.59. The number of hydrogen-bond acceptors (Lipinski definition) is 3. The van der Waals surface area contributed by atoms with Crippen molar-refractivity contribution in [1.29, 1.82) is 0 Å². The van der Waals surface area contributed by atoms with E-state index in [0.717, 1.165) is 5.75 Å². The molecule has 0 unspecified atom stereocenters. The SMILES string of the molecule is CC(C)NC(=O)N1CCN(C(=O)CCCOc2ccccc2)CC1. The third kappa shape index (κ3) is 5.76. The molecule has 1 aromatic carbocycles. The van der Waals surface area contributed by atoms with Crippen molar-refractivity contribution >= 4 is 11.9 Å². The Bertz CT molecular complexity index is 526. The van der Waals surface area contributed by atoms with Gasteiger partial charge in [0.25, 0.3) is 0 Å². The highest BCUT2D eigenvalue weighted by molar-refractivity contribution is 5.77. The zero-order valence-corrected chi connectivity index (χ0v) is 14.5. The number of rotatable bonds is 6. The van der Waals surface area contributed by atoms with Gasteiger partial charge in [0.2, 0.25) is 5.91 Å². The minimum Gasteiger partial charge on any atom is -0.494 e. The number of para-hydroxylation sites is 1. The van der Waals surface area contributed by atoms with Gasteiger partial charge in [-0.15, -0.1) is 0 Å². The Morgan fingerprint density at radius 3 is 2.33 bits per heavy atom. The van der Waals surface area contributed by atoms with Gasteiger partial charge in [-0.05, 0) is 32.4 Å². The van der Waals surface area contributed by atoms with Gasteiger partial charge in [-0.25, -0.2) is 4.79 Å². The summed E-state index contributed by atoms with van der Waals surface area (Å²) in [6.07, 6.45) is 1.17. The quantitative estimate of drug-likeness (QED) is 0.811. The van der Waals surface area contributed by atoms with Crippen molar-refractivity contribution in [3.8, 4) is 5.75 Å². The van der Waals surface area contributed by atoms with Crippen molar-refractivity contribution in [2.24, 2.45) is 0 Å². The van der Waals surface area contributed by atoms with Gasteiger partial charge in [0.05, 0.1) is 6.61 Å². The van der Waals surface area contributed by atoms with Crippen LogP contribution < -0.4 is 10.1 Å². The molecule has 6 nitrogen and oxygen atoms in total. The van der Waals surface area contributed by atoms with Crippen molar-refractivity contribution in [2.75, 3.05) is 32.8 Å². The molecule has 0 saturated carbocycles. The lowest BCUT2D eigenvalue weighted by Crippen LogP contribution is -2.54. The highest BCUT2D eigenvalue weighted by Gasteiger charge is 2.23. The molecule has 1 heterocycles. The van der Waals surface area contributed by atoms with E-state index in [4.69, 9.17) is 4.74 Å². The molecule has 0 spiro atoms. The zero-order valence-electron chi connectivity index (χ0n) is 14.5. The van der Waals surface area contributed by atoms with E-state index < -0.39 is 0 Å². The molecule has 1 fully saturated rings. The number of carbonyl (C=O) groups is 2. The van der Waals surface area contributed by atoms with Crippen LogP contribution in [0.2, 0.25) is 0 Å². The summed E-state index contributed by atoms with van der Waals surface area (Å²) in [5, 5.41) is 2.88. The van der Waals surface area contributed by atoms with Gasteiger partial charge in [-0.2, -0.15) is 0 Å². The minimum atomic E-state index is -0.0478. The van der Waals surface area contributed by atoms with Crippen molar-refractivity contribution in [1.82, 2.24) is 15.1 Å². The van der Waals surface area contributed by atoms with Gasteiger partial charge in [0.1, 0.15) is 5.75 Å². The third-order valence-electron chi connectivity index (χ3n) is 3.88. The Labute approximate surface area is 143 Å². The second-order valence-electron chi connectivity index (χ2n) is 6.24. The molecule has 0 atom stereocenters. The molecule has 132 valence electrons. The van der Waals surface area contributed by atoms with E-state index in [2.05, 4.69) is 5.32 Å². The number of ether oxygens (including phenoxy) is 1. The second kappa shape index (κ2) is 9.15. The van der Waals surface area contributed by atoms with Crippen LogP contribution in [0.25, 0.3) is 0 Å². The summed E-state index contributed by atoms with van der Waals surface area (Å²) < 4.78 is 5.60. The maximum atomic E-state index is 12.2. The van der Waals surface area contributed by atoms with E-state index in [0.29, 0.717) is 45.6 Å². The summed E-state index contributed by atoms with van der Waals surface area (Å²) in [5.41, 5.74) is 0. The van der Waals surface area contributed by atoms with Gasteiger partial charge in [-0.1, -0.05) is 18.2 Å². The number of nitrogens with one attached hydrogen (secondary N) is 1. The lowest BCUT2D eigenvalue weighted by molar-refractivity contribution is -0.132. The average Bonchev–Trinajstić information content (AvgIpc) is 2.59. The molecule has 1 N–H and O–H groups in total. The summed E-state index contributed by atoms with van der Waals surface area (Å²) in [7, 11) is 0. The summed E-state index contributed by atoms with van der Waals surface area (Å²) in [6, 6.07) is 9.68. The maximum Gasteiger partial charge on any atom is 0.317 e. The van der Waals surface area contributed by atoms with Crippen LogP contribution in [0.5, 0.6) is 5.75 Å². The summed E-state index contributed by atoms with van der Waals surface area (Å²) >= 11 is 0. The van der Waals surface area contributed by atoms with E-state index in [1.165, 1.54) is 0 Å². The van der Waals surface area contributed by atoms with Gasteiger partial charge in [-0.3, -0.25) is 4.79 Å². The highest BCUT2D eigenvalue weighted by atomic mass is 16.5. The van der Waals surface area contributed by atoms with Crippen LogP contribution in [0.1, 0.15) is 26.7 Å². The Kier molecular flexibility index (Phi) is 6.90. The van der Waals surface area contributed by atoms with Crippen molar-refractivity contribution < 1.29 is 14.3 Å². The first-order valence-electron chi connectivity index (χ1n) is 8.57. The third-order valence-corrected chi connectivity index (χ3v) is 3.88. The molecule has 6 heteroatoms. The van der Waals surface area contributed by atoms with E-state index in [1.54, 1.807) is 4.90 Å². The first-order chi connectivity index (χ1) is 11.6. The molecule has 0 aromatic heterocycles. The van der Waals surface area contributed by atoms with Crippen LogP contribution in [0, 0.1) is 0 Å². The highest BCUT2D eigenvalue weighted by Crippen LogP contribution is 2.10. The molecule has 0 aliphatic carbocycles. The molecular formula is C18H27N3O3. The van der Waals surface area contributed by atoms with E-state index in [-0.39, 0.29) is 18.0 Å². The van der Waals surface area contributed by atoms with E-state index in [1.807, 2.05) is 49.1 Å². The standard InChI is InChI=1S/C18H27N3O3/c1-15(2)19-18(23)21-12-10-20(11-13-21)17(22)9-6-14-24-16-7-4-3-5-8-16/h3-5,7-8,15H,6,9-14H2,1-2H3,(H,19,23). The van der Waals surface area contributed by atoms with Crippen LogP contribution in [0.3, 0.4) is 0 Å². The Balaban J connectivity index is 1.63. The van der Waals surface area contributed by atoms with E-state index in [9.17, 15) is 9.59 Å². The normalized spacial score (nSPS) is 14.6. The van der Waals surface area contributed by atoms with Gasteiger partial charge in [0.15, 0.2) is 0 Å². The number of carbonyl (C=O) groups excluding carboxylic acids is 2. The van der Waals surface area contributed by atoms with Crippen molar-refractivity contribution in [3.05, 3.63) is 30.3 Å². The molecule has 2 rings (SSSR count). The van der Waals surface area contributed by atoms with E-state index >= 15 is 0 Å². The van der Waals surface area contributed by atoms with Crippen LogP contribution in [-0.2, 0) is 4.79 Å². The van der Waals surface area contributed by atoms with Crippen molar-refractivity contribution in [2.45, 2.75) is 32.7 Å². The largest absolute Gasteiger partial charge is 0.494 e. The molecule has 0 radical (unpaired) electrons. The first kappa shape index (κ1) is 18.1. The van der Waals surface area contributed by atoms with Crippen LogP contribution in [-0.4, -0.2) is 60.6 Å². The van der Waals surface area contributed by atoms with Crippen molar-refractivity contribution in [3.63, 3.8) is 0 Å². The summed E-state index contributed by atoms with van der Waals surface area (Å²) in [4.78, 5) is 27.7. The fourth-order valence-electron chi connectivity index (χ4n) is 2.59. The Morgan fingerprint density at radius 2 is 1.71 bits per heavy atom. The van der Waals surface area contributed by atoms with Gasteiger partial charge in [0, 0.05) is 38.6 Å². The van der Waals surface area contributed by atoms with Crippen LogP contribution in [0.15, 0.2) is 30.3 Å². The van der Waals surface area contributed by atoms with Gasteiger partial charge < -0.3 is 19.9 Å². The number of urea groups is 1. The number of amides is 3. The topological polar surface area (TPSA) is 61.9 Å². The molecular weight excluding hydrogens is 306 g/mol. The molecule has 1 aliphatic rings. The Hall–Kier alpha value is -2.24. The number of benzene rings is 1.